The van der Waals surface area contributed by atoms with E-state index in [1.807, 2.05) is 0 Å². The third kappa shape index (κ3) is 1.95. The van der Waals surface area contributed by atoms with Gasteiger partial charge in [-0.3, -0.25) is 14.9 Å². The van der Waals surface area contributed by atoms with Crippen LogP contribution in [0.25, 0.3) is 0 Å². The molecule has 0 bridgehead atoms. The summed E-state index contributed by atoms with van der Waals surface area (Å²) in [5, 5.41) is 20.1. The Labute approximate surface area is 83.7 Å². The number of ketones is 1. The molecular formula is C8H6N2O3S. The maximum Gasteiger partial charge on any atom is 0.280 e. The highest BCUT2D eigenvalue weighted by Crippen LogP contribution is 2.23. The molecule has 14 heavy (non-hydrogen) atoms. The Kier molecular flexibility index (Phi) is 2.94. The van der Waals surface area contributed by atoms with Gasteiger partial charge in [0.25, 0.3) is 5.69 Å². The van der Waals surface area contributed by atoms with Gasteiger partial charge in [-0.1, -0.05) is 0 Å². The minimum absolute atomic E-state index is 0.108. The van der Waals surface area contributed by atoms with Gasteiger partial charge in [0.1, 0.15) is 5.92 Å². The molecule has 0 radical (unpaired) electrons. The lowest BCUT2D eigenvalue weighted by molar-refractivity contribution is -0.384. The first-order valence-electron chi connectivity index (χ1n) is 3.73. The third-order valence-corrected chi connectivity index (χ3v) is 2.56. The molecule has 0 aliphatic heterocycles. The second-order valence-electron chi connectivity index (χ2n) is 2.64. The monoisotopic (exact) mass is 210 g/mol. The van der Waals surface area contributed by atoms with Gasteiger partial charge in [-0.2, -0.15) is 5.26 Å². The molecule has 0 aromatic carbocycles. The van der Waals surface area contributed by atoms with Crippen LogP contribution in [0.15, 0.2) is 11.4 Å². The Morgan fingerprint density at radius 3 is 2.86 bits per heavy atom. The van der Waals surface area contributed by atoms with Crippen molar-refractivity contribution in [3.05, 3.63) is 26.4 Å². The molecule has 1 atom stereocenters. The maximum atomic E-state index is 11.4. The lowest BCUT2D eigenvalue weighted by Crippen LogP contribution is -2.06. The van der Waals surface area contributed by atoms with Crippen LogP contribution < -0.4 is 0 Å². The average Bonchev–Trinajstić information content (AvgIpc) is 2.64. The van der Waals surface area contributed by atoms with E-state index in [4.69, 9.17) is 5.26 Å². The normalized spacial score (nSPS) is 11.7. The van der Waals surface area contributed by atoms with Crippen molar-refractivity contribution in [2.24, 2.45) is 5.92 Å². The van der Waals surface area contributed by atoms with E-state index in [2.05, 4.69) is 0 Å². The molecular weight excluding hydrogens is 204 g/mol. The van der Waals surface area contributed by atoms with E-state index in [9.17, 15) is 14.9 Å². The Morgan fingerprint density at radius 2 is 2.43 bits per heavy atom. The Balaban J connectivity index is 2.94. The number of carbonyl (C=O) groups is 1. The van der Waals surface area contributed by atoms with Crippen LogP contribution in [0.3, 0.4) is 0 Å². The summed E-state index contributed by atoms with van der Waals surface area (Å²) in [5.74, 6) is -1.13. The highest BCUT2D eigenvalue weighted by molar-refractivity contribution is 7.12. The summed E-state index contributed by atoms with van der Waals surface area (Å²) in [4.78, 5) is 21.4. The maximum absolute atomic E-state index is 11.4. The summed E-state index contributed by atoms with van der Waals surface area (Å²) in [6, 6.07) is 2.98. The number of carbonyl (C=O) groups excluding carboxylic acids is 1. The summed E-state index contributed by atoms with van der Waals surface area (Å²) < 4.78 is 0. The fraction of sp³-hybridized carbons (Fsp3) is 0.250. The SMILES string of the molecule is CC(C#N)C(=O)c1cc([N+](=O)[O-])cs1. The molecule has 6 heteroatoms. The van der Waals surface area contributed by atoms with Gasteiger partial charge in [-0.05, 0) is 6.92 Å². The number of Topliss-reactive ketones (excluding diaryl/α,β-unsaturated/α-hetero) is 1. The number of rotatable bonds is 3. The van der Waals surface area contributed by atoms with E-state index in [0.29, 0.717) is 0 Å². The van der Waals surface area contributed by atoms with Crippen molar-refractivity contribution < 1.29 is 9.72 Å². The zero-order valence-corrected chi connectivity index (χ0v) is 8.08. The zero-order valence-electron chi connectivity index (χ0n) is 7.26. The number of nitro groups is 1. The predicted molar refractivity (Wildman–Crippen MR) is 50.1 cm³/mol. The zero-order chi connectivity index (χ0) is 10.7. The van der Waals surface area contributed by atoms with Crippen LogP contribution >= 0.6 is 11.3 Å². The number of hydrogen-bond acceptors (Lipinski definition) is 5. The standard InChI is InChI=1S/C8H6N2O3S/c1-5(3-9)8(11)7-2-6(4-14-7)10(12)13/h2,4-5H,1H3. The van der Waals surface area contributed by atoms with E-state index in [0.717, 1.165) is 11.3 Å². The summed E-state index contributed by atoms with van der Waals surface area (Å²) in [5.41, 5.74) is -0.108. The molecule has 0 spiro atoms. The van der Waals surface area contributed by atoms with Crippen molar-refractivity contribution in [1.82, 2.24) is 0 Å². The molecule has 5 nitrogen and oxygen atoms in total. The van der Waals surface area contributed by atoms with Crippen molar-refractivity contribution >= 4 is 22.8 Å². The topological polar surface area (TPSA) is 84.0 Å². The fourth-order valence-electron chi connectivity index (χ4n) is 0.823. The van der Waals surface area contributed by atoms with Crippen molar-refractivity contribution in [3.63, 3.8) is 0 Å². The number of nitrogens with zero attached hydrogens (tertiary/aromatic N) is 2. The van der Waals surface area contributed by atoms with E-state index < -0.39 is 10.8 Å². The number of thiophene rings is 1. The highest BCUT2D eigenvalue weighted by atomic mass is 32.1. The molecule has 1 aromatic rings. The van der Waals surface area contributed by atoms with Crippen LogP contribution in [-0.2, 0) is 0 Å². The molecule has 0 amide bonds. The predicted octanol–water partition coefficient (Wildman–Crippen LogP) is 2.00. The lowest BCUT2D eigenvalue weighted by atomic mass is 10.1. The molecule has 1 unspecified atom stereocenters. The summed E-state index contributed by atoms with van der Waals surface area (Å²) in [6.07, 6.45) is 0. The molecule has 1 heterocycles. The van der Waals surface area contributed by atoms with E-state index in [1.165, 1.54) is 18.4 Å². The van der Waals surface area contributed by atoms with Gasteiger partial charge < -0.3 is 0 Å². The first-order valence-corrected chi connectivity index (χ1v) is 4.61. The molecule has 0 aliphatic rings. The number of hydrogen-bond donors (Lipinski definition) is 0. The van der Waals surface area contributed by atoms with Gasteiger partial charge in [-0.15, -0.1) is 11.3 Å². The second kappa shape index (κ2) is 3.98. The fourth-order valence-corrected chi connectivity index (χ4v) is 1.71. The van der Waals surface area contributed by atoms with Gasteiger partial charge in [0.05, 0.1) is 21.2 Å². The minimum Gasteiger partial charge on any atom is -0.292 e. The van der Waals surface area contributed by atoms with E-state index >= 15 is 0 Å². The molecule has 0 fully saturated rings. The first kappa shape index (κ1) is 10.3. The van der Waals surface area contributed by atoms with Crippen molar-refractivity contribution in [3.8, 4) is 6.07 Å². The van der Waals surface area contributed by atoms with Crippen LogP contribution in [0.2, 0.25) is 0 Å². The van der Waals surface area contributed by atoms with Crippen LogP contribution in [0.4, 0.5) is 5.69 Å². The van der Waals surface area contributed by atoms with Gasteiger partial charge >= 0.3 is 0 Å². The van der Waals surface area contributed by atoms with Gasteiger partial charge in [-0.25, -0.2) is 0 Å². The second-order valence-corrected chi connectivity index (χ2v) is 3.55. The van der Waals surface area contributed by atoms with Crippen molar-refractivity contribution in [1.29, 1.82) is 5.26 Å². The largest absolute Gasteiger partial charge is 0.292 e. The van der Waals surface area contributed by atoms with Crippen molar-refractivity contribution in [2.75, 3.05) is 0 Å². The highest BCUT2D eigenvalue weighted by Gasteiger charge is 2.19. The molecule has 0 aliphatic carbocycles. The van der Waals surface area contributed by atoms with Crippen molar-refractivity contribution in [2.45, 2.75) is 6.92 Å². The molecule has 72 valence electrons. The average molecular weight is 210 g/mol. The third-order valence-electron chi connectivity index (χ3n) is 1.63. The van der Waals surface area contributed by atoms with E-state index in [1.54, 1.807) is 6.07 Å². The van der Waals surface area contributed by atoms with Crippen LogP contribution in [0.5, 0.6) is 0 Å². The molecule has 1 aromatic heterocycles. The van der Waals surface area contributed by atoms with Crippen LogP contribution in [0.1, 0.15) is 16.6 Å². The molecule has 1 rings (SSSR count). The van der Waals surface area contributed by atoms with Gasteiger partial charge in [0, 0.05) is 6.07 Å². The summed E-state index contributed by atoms with van der Waals surface area (Å²) >= 11 is 0.987. The smallest absolute Gasteiger partial charge is 0.280 e. The Hall–Kier alpha value is -1.74. The molecule has 0 N–H and O–H groups in total. The summed E-state index contributed by atoms with van der Waals surface area (Å²) in [7, 11) is 0. The number of nitriles is 1. The first-order chi connectivity index (χ1) is 6.56. The quantitative estimate of drug-likeness (QED) is 0.434. The molecule has 0 saturated heterocycles. The molecule has 0 saturated carbocycles. The van der Waals surface area contributed by atoms with Crippen LogP contribution in [-0.4, -0.2) is 10.7 Å². The lowest BCUT2D eigenvalue weighted by Gasteiger charge is -1.95. The minimum atomic E-state index is -0.756. The Bertz CT molecular complexity index is 418. The van der Waals surface area contributed by atoms with Crippen LogP contribution in [0, 0.1) is 27.4 Å². The van der Waals surface area contributed by atoms with Gasteiger partial charge in [0.2, 0.25) is 0 Å². The van der Waals surface area contributed by atoms with E-state index in [-0.39, 0.29) is 16.3 Å². The summed E-state index contributed by atoms with van der Waals surface area (Å²) in [6.45, 7) is 1.47. The Morgan fingerprint density at radius 1 is 1.79 bits per heavy atom. The van der Waals surface area contributed by atoms with Gasteiger partial charge in [0.15, 0.2) is 5.78 Å².